The maximum absolute atomic E-state index is 12.3. The van der Waals surface area contributed by atoms with E-state index in [-0.39, 0.29) is 23.6 Å². The molecule has 1 heterocycles. The minimum atomic E-state index is -0.725. The molecule has 0 N–H and O–H groups in total. The molecule has 0 fully saturated rings. The third kappa shape index (κ3) is 4.42. The second-order valence-corrected chi connectivity index (χ2v) is 6.66. The van der Waals surface area contributed by atoms with E-state index >= 15 is 0 Å². The molecule has 0 saturated heterocycles. The van der Waals surface area contributed by atoms with Crippen LogP contribution in [0.4, 0.5) is 5.69 Å². The minimum absolute atomic E-state index is 0.0140. The number of carbonyl (C=O) groups is 1. The number of benzene rings is 2. The summed E-state index contributed by atoms with van der Waals surface area (Å²) in [5.41, 5.74) is 1.24. The number of hydrogen-bond acceptors (Lipinski definition) is 7. The van der Waals surface area contributed by atoms with Gasteiger partial charge in [-0.2, -0.15) is 0 Å². The highest BCUT2D eigenvalue weighted by Gasteiger charge is 2.19. The van der Waals surface area contributed by atoms with Gasteiger partial charge in [0.05, 0.1) is 17.7 Å². The number of aromatic nitrogens is 1. The second-order valence-electron chi connectivity index (χ2n) is 5.37. The first-order chi connectivity index (χ1) is 13.0. The molecule has 0 aliphatic carbocycles. The average Bonchev–Trinajstić information content (AvgIpc) is 3.15. The summed E-state index contributed by atoms with van der Waals surface area (Å²) in [6.07, 6.45) is 0. The van der Waals surface area contributed by atoms with Crippen molar-refractivity contribution >= 4 is 34.6 Å². The summed E-state index contributed by atoms with van der Waals surface area (Å²) in [7, 11) is 1.37. The number of nitro benzene ring substituents is 1. The molecular weight excluding hydrogens is 392 g/mol. The molecule has 138 valence electrons. The fourth-order valence-corrected chi connectivity index (χ4v) is 3.22. The van der Waals surface area contributed by atoms with Crippen molar-refractivity contribution in [3.05, 3.63) is 74.2 Å². The van der Waals surface area contributed by atoms with E-state index < -0.39 is 10.9 Å². The highest BCUT2D eigenvalue weighted by Crippen LogP contribution is 2.27. The number of non-ortho nitro benzene ring substituents is 1. The van der Waals surface area contributed by atoms with Crippen molar-refractivity contribution < 1.29 is 19.2 Å². The number of nitrogens with zero attached hydrogens (tertiary/aromatic N) is 2. The Hall–Kier alpha value is -2.97. The molecule has 1 aromatic heterocycles. The molecule has 2 aromatic carbocycles. The Morgan fingerprint density at radius 2 is 2.00 bits per heavy atom. The zero-order valence-electron chi connectivity index (χ0n) is 14.0. The second kappa shape index (κ2) is 8.15. The molecule has 0 amide bonds. The smallest absolute Gasteiger partial charge is 0.342 e. The number of methoxy groups -OCH3 is 1. The van der Waals surface area contributed by atoms with Crippen LogP contribution in [0.15, 0.2) is 47.8 Å². The lowest BCUT2D eigenvalue weighted by atomic mass is 10.2. The van der Waals surface area contributed by atoms with Crippen LogP contribution in [0.2, 0.25) is 5.02 Å². The normalized spacial score (nSPS) is 10.4. The van der Waals surface area contributed by atoms with Gasteiger partial charge >= 0.3 is 5.97 Å². The lowest BCUT2D eigenvalue weighted by molar-refractivity contribution is -0.384. The molecule has 3 aromatic rings. The van der Waals surface area contributed by atoms with Crippen molar-refractivity contribution in [2.24, 2.45) is 0 Å². The summed E-state index contributed by atoms with van der Waals surface area (Å²) in [5.74, 6) is -0.526. The fraction of sp³-hybridized carbons (Fsp3) is 0.111. The van der Waals surface area contributed by atoms with Crippen LogP contribution >= 0.6 is 22.9 Å². The molecule has 7 nitrogen and oxygen atoms in total. The number of carbonyl (C=O) groups excluding carboxylic acids is 1. The lowest BCUT2D eigenvalue weighted by Gasteiger charge is -2.07. The van der Waals surface area contributed by atoms with Gasteiger partial charge in [0.1, 0.15) is 22.9 Å². The van der Waals surface area contributed by atoms with Crippen LogP contribution in [-0.4, -0.2) is 23.0 Å². The Morgan fingerprint density at radius 3 is 2.67 bits per heavy atom. The van der Waals surface area contributed by atoms with Crippen LogP contribution in [0.3, 0.4) is 0 Å². The van der Waals surface area contributed by atoms with Crippen molar-refractivity contribution in [1.82, 2.24) is 4.98 Å². The number of rotatable bonds is 6. The Balaban J connectivity index is 1.72. The van der Waals surface area contributed by atoms with Gasteiger partial charge in [-0.15, -0.1) is 11.3 Å². The molecule has 0 atom stereocenters. The van der Waals surface area contributed by atoms with Crippen LogP contribution in [0, 0.1) is 10.1 Å². The van der Waals surface area contributed by atoms with Gasteiger partial charge in [-0.05, 0) is 18.2 Å². The zero-order valence-corrected chi connectivity index (χ0v) is 15.6. The van der Waals surface area contributed by atoms with E-state index in [9.17, 15) is 14.9 Å². The van der Waals surface area contributed by atoms with Gasteiger partial charge in [-0.1, -0.05) is 23.7 Å². The number of esters is 1. The van der Waals surface area contributed by atoms with Crippen LogP contribution in [0.25, 0.3) is 10.6 Å². The van der Waals surface area contributed by atoms with Gasteiger partial charge in [0, 0.05) is 28.1 Å². The van der Waals surface area contributed by atoms with Crippen LogP contribution in [0.5, 0.6) is 5.75 Å². The highest BCUT2D eigenvalue weighted by atomic mass is 35.5. The van der Waals surface area contributed by atoms with E-state index in [1.807, 2.05) is 12.1 Å². The number of ether oxygens (including phenoxy) is 2. The van der Waals surface area contributed by atoms with Crippen LogP contribution < -0.4 is 4.74 Å². The Labute approximate surface area is 163 Å². The largest absolute Gasteiger partial charge is 0.496 e. The quantitative estimate of drug-likeness (QED) is 0.335. The summed E-state index contributed by atoms with van der Waals surface area (Å²) in [5, 5.41) is 14.1. The number of halogens is 1. The van der Waals surface area contributed by atoms with Crippen molar-refractivity contribution in [3.63, 3.8) is 0 Å². The molecular formula is C18H13ClN2O5S. The van der Waals surface area contributed by atoms with Crippen molar-refractivity contribution in [1.29, 1.82) is 0 Å². The first kappa shape index (κ1) is 18.8. The third-order valence-corrected chi connectivity index (χ3v) is 4.80. The molecule has 27 heavy (non-hydrogen) atoms. The van der Waals surface area contributed by atoms with E-state index in [4.69, 9.17) is 21.1 Å². The van der Waals surface area contributed by atoms with E-state index in [1.165, 1.54) is 30.6 Å². The molecule has 0 unspecified atom stereocenters. The van der Waals surface area contributed by atoms with Gasteiger partial charge in [-0.25, -0.2) is 9.78 Å². The van der Waals surface area contributed by atoms with Gasteiger partial charge in [0.15, 0.2) is 0 Å². The van der Waals surface area contributed by atoms with Crippen LogP contribution in [0.1, 0.15) is 16.1 Å². The lowest BCUT2D eigenvalue weighted by Crippen LogP contribution is -2.08. The van der Waals surface area contributed by atoms with Crippen molar-refractivity contribution in [3.8, 4) is 16.3 Å². The standard InChI is InChI=1S/C18H13ClN2O5S/c1-25-16-7-6-14(21(23)24)8-15(16)18(22)26-9-13-10-27-17(20-13)11-2-4-12(19)5-3-11/h2-8,10H,9H2,1H3. The van der Waals surface area contributed by atoms with Crippen molar-refractivity contribution in [2.75, 3.05) is 7.11 Å². The van der Waals surface area contributed by atoms with Gasteiger partial charge in [0.2, 0.25) is 0 Å². The zero-order chi connectivity index (χ0) is 19.4. The fourth-order valence-electron chi connectivity index (χ4n) is 2.28. The summed E-state index contributed by atoms with van der Waals surface area (Å²) < 4.78 is 10.3. The van der Waals surface area contributed by atoms with Crippen LogP contribution in [-0.2, 0) is 11.3 Å². The van der Waals surface area contributed by atoms with E-state index in [1.54, 1.807) is 17.5 Å². The summed E-state index contributed by atoms with van der Waals surface area (Å²) >= 11 is 7.29. The summed E-state index contributed by atoms with van der Waals surface area (Å²) in [6, 6.07) is 11.0. The van der Waals surface area contributed by atoms with E-state index in [0.29, 0.717) is 10.7 Å². The first-order valence-corrected chi connectivity index (χ1v) is 8.93. The number of hydrogen-bond donors (Lipinski definition) is 0. The minimum Gasteiger partial charge on any atom is -0.496 e. The topological polar surface area (TPSA) is 91.6 Å². The SMILES string of the molecule is COc1ccc([N+](=O)[O-])cc1C(=O)OCc1csc(-c2ccc(Cl)cc2)n1. The highest BCUT2D eigenvalue weighted by molar-refractivity contribution is 7.13. The molecule has 0 radical (unpaired) electrons. The summed E-state index contributed by atoms with van der Waals surface area (Å²) in [6.45, 7) is -0.0607. The average molecular weight is 405 g/mol. The predicted octanol–water partition coefficient (Wildman–Crippen LogP) is 4.74. The molecule has 0 aliphatic heterocycles. The van der Waals surface area contributed by atoms with E-state index in [0.717, 1.165) is 16.6 Å². The maximum atomic E-state index is 12.3. The Bertz CT molecular complexity index is 988. The molecule has 9 heteroatoms. The molecule has 0 saturated carbocycles. The Kier molecular flexibility index (Phi) is 5.68. The van der Waals surface area contributed by atoms with E-state index in [2.05, 4.69) is 4.98 Å². The Morgan fingerprint density at radius 1 is 1.26 bits per heavy atom. The number of nitro groups is 1. The number of thiazole rings is 1. The van der Waals surface area contributed by atoms with Gasteiger partial charge < -0.3 is 9.47 Å². The molecule has 0 aliphatic rings. The molecule has 0 bridgehead atoms. The molecule has 3 rings (SSSR count). The van der Waals surface area contributed by atoms with Crippen molar-refractivity contribution in [2.45, 2.75) is 6.61 Å². The first-order valence-electron chi connectivity index (χ1n) is 7.68. The van der Waals surface area contributed by atoms with Gasteiger partial charge in [-0.3, -0.25) is 10.1 Å². The third-order valence-electron chi connectivity index (χ3n) is 3.61. The predicted molar refractivity (Wildman–Crippen MR) is 101 cm³/mol. The summed E-state index contributed by atoms with van der Waals surface area (Å²) in [4.78, 5) is 27.1. The molecule has 0 spiro atoms. The monoisotopic (exact) mass is 404 g/mol. The maximum Gasteiger partial charge on any atom is 0.342 e. The van der Waals surface area contributed by atoms with Gasteiger partial charge in [0.25, 0.3) is 5.69 Å².